The zero-order valence-electron chi connectivity index (χ0n) is 15.9. The quantitative estimate of drug-likeness (QED) is 0.201. The topological polar surface area (TPSA) is 409 Å². The van der Waals surface area contributed by atoms with Gasteiger partial charge in [-0.05, 0) is 27.7 Å². The molecule has 0 aromatic carbocycles. The first kappa shape index (κ1) is 67.6. The number of nitrogens with zero attached hydrogens (tertiary/aromatic N) is 1. The van der Waals surface area contributed by atoms with E-state index in [1.807, 2.05) is 0 Å². The van der Waals surface area contributed by atoms with Gasteiger partial charge in [0.2, 0.25) is 0 Å². The Labute approximate surface area is 143 Å². The summed E-state index contributed by atoms with van der Waals surface area (Å²) >= 11 is 0. The summed E-state index contributed by atoms with van der Waals surface area (Å²) in [5.74, 6) is -4.33. The Morgan fingerprint density at radius 1 is 0.520 bits per heavy atom. The van der Waals surface area contributed by atoms with E-state index in [0.717, 1.165) is 27.7 Å². The second-order valence-electron chi connectivity index (χ2n) is 2.19. The first-order valence-corrected chi connectivity index (χ1v) is 4.18. The molecule has 0 aliphatic rings. The third-order valence-electron chi connectivity index (χ3n) is 0. The second kappa shape index (κ2) is 58.5. The highest BCUT2D eigenvalue weighted by Gasteiger charge is 1.47. The van der Waals surface area contributed by atoms with Crippen LogP contribution in [-0.4, -0.2) is 29.0 Å². The number of carboxylic acid groups (broad SMARTS) is 4. The molecule has 0 fully saturated rings. The largest absolute Gasteiger partial charge is 0.550 e. The van der Waals surface area contributed by atoms with Gasteiger partial charge in [0.05, 0.1) is 5.09 Å². The number of quaternary nitrogens is 5. The predicted octanol–water partition coefficient (Wildman–Crippen LogP) is -3.33. The Hall–Kier alpha value is -3.12. The van der Waals surface area contributed by atoms with Crippen molar-refractivity contribution in [2.24, 2.45) is 0 Å². The van der Waals surface area contributed by atoms with Gasteiger partial charge in [-0.2, -0.15) is 0 Å². The first-order chi connectivity index (χ1) is 8.66. The van der Waals surface area contributed by atoms with E-state index < -0.39 is 29.0 Å². The van der Waals surface area contributed by atoms with Gasteiger partial charge in [0.15, 0.2) is 0 Å². The molecule has 0 aliphatic carbocycles. The molecule has 0 rings (SSSR count). The average Bonchev–Trinajstić information content (AvgIpc) is 1.94. The van der Waals surface area contributed by atoms with Crippen LogP contribution < -0.4 is 51.2 Å². The van der Waals surface area contributed by atoms with Crippen LogP contribution in [0.25, 0.3) is 0 Å². The molecule has 0 spiro atoms. The van der Waals surface area contributed by atoms with E-state index in [-0.39, 0.29) is 30.8 Å². The van der Waals surface area contributed by atoms with Crippen LogP contribution in [0.5, 0.6) is 0 Å². The lowest BCUT2D eigenvalue weighted by Crippen LogP contribution is -2.16. The van der Waals surface area contributed by atoms with Crippen molar-refractivity contribution in [3.05, 3.63) is 15.3 Å². The van der Waals surface area contributed by atoms with Crippen molar-refractivity contribution in [3.8, 4) is 0 Å². The number of carboxylic acids is 4. The molecule has 0 aromatic heterocycles. The van der Waals surface area contributed by atoms with Crippen molar-refractivity contribution < 1.29 is 44.7 Å². The summed E-state index contributed by atoms with van der Waals surface area (Å²) in [6.45, 7) is 3.89. The lowest BCUT2D eigenvalue weighted by Gasteiger charge is -1.77. The number of carbonyl (C=O) groups excluding carboxylic acids is 4. The normalized spacial score (nSPS) is 4.96. The summed E-state index contributed by atoms with van der Waals surface area (Å²) in [6.07, 6.45) is 0. The number of hydrogen-bond acceptors (Lipinski definition) is 11. The van der Waals surface area contributed by atoms with E-state index in [2.05, 4.69) is 0 Å². The van der Waals surface area contributed by atoms with Gasteiger partial charge in [-0.3, -0.25) is 0 Å². The van der Waals surface area contributed by atoms with Gasteiger partial charge >= 0.3 is 0 Å². The monoisotopic (exact) mass is 388 g/mol. The van der Waals surface area contributed by atoms with Gasteiger partial charge < -0.3 is 85.7 Å². The van der Waals surface area contributed by atoms with Crippen LogP contribution in [0.2, 0.25) is 0 Å². The molecule has 160 valence electrons. The van der Waals surface area contributed by atoms with Gasteiger partial charge in [0, 0.05) is 23.9 Å². The lowest BCUT2D eigenvalue weighted by atomic mass is 10.9. The minimum Gasteiger partial charge on any atom is -0.550 e. The van der Waals surface area contributed by atoms with E-state index in [1.54, 1.807) is 0 Å². The lowest BCUT2D eigenvalue weighted by molar-refractivity contribution is -0.402. The molecule has 0 heterocycles. The summed E-state index contributed by atoms with van der Waals surface area (Å²) in [6, 6.07) is 0. The maximum atomic E-state index is 8.89. The molecule has 0 unspecified atom stereocenters. The van der Waals surface area contributed by atoms with Crippen LogP contribution >= 0.6 is 0 Å². The minimum atomic E-state index is -1.75. The molecule has 25 heavy (non-hydrogen) atoms. The molecule has 0 bridgehead atoms. The van der Waals surface area contributed by atoms with Gasteiger partial charge in [0.1, 0.15) is 0 Å². The average molecular weight is 388 g/mol. The first-order valence-electron chi connectivity index (χ1n) is 4.18. The molecule has 20 N–H and O–H groups in total. The Morgan fingerprint density at radius 2 is 0.520 bits per heavy atom. The fourth-order valence-electron chi connectivity index (χ4n) is 0. The van der Waals surface area contributed by atoms with E-state index in [1.165, 1.54) is 0 Å². The van der Waals surface area contributed by atoms with E-state index in [0.29, 0.717) is 0 Å². The Kier molecular flexibility index (Phi) is 158. The fraction of sp³-hybridized carbons (Fsp3) is 0.500. The van der Waals surface area contributed by atoms with Crippen LogP contribution in [0.1, 0.15) is 27.7 Å². The maximum Gasteiger partial charge on any atom is 0.0689 e. The molecule has 0 radical (unpaired) electrons. The maximum absolute atomic E-state index is 8.89. The zero-order chi connectivity index (χ0) is 17.9. The molecular weight excluding hydrogens is 356 g/mol. The highest BCUT2D eigenvalue weighted by molar-refractivity contribution is 5.61. The smallest absolute Gasteiger partial charge is 0.0689 e. The van der Waals surface area contributed by atoms with Gasteiger partial charge in [-0.15, -0.1) is 0 Å². The third kappa shape index (κ3) is 765. The summed E-state index contributed by atoms with van der Waals surface area (Å²) < 4.78 is 0. The molecule has 0 atom stereocenters. The van der Waals surface area contributed by atoms with Crippen molar-refractivity contribution in [3.63, 3.8) is 0 Å². The predicted molar refractivity (Wildman–Crippen MR) is 83.0 cm³/mol. The summed E-state index contributed by atoms with van der Waals surface area (Å²) in [7, 11) is 0. The summed E-state index contributed by atoms with van der Waals surface area (Å²) in [5, 5.41) is 50.3. The number of rotatable bonds is 0. The van der Waals surface area contributed by atoms with Gasteiger partial charge in [-0.25, -0.2) is 0 Å². The number of aliphatic carboxylic acids is 4. The number of hydrogen-bond donors (Lipinski definition) is 5. The van der Waals surface area contributed by atoms with Crippen LogP contribution in [0, 0.1) is 15.3 Å². The molecular formula is C8H32N6O11. The van der Waals surface area contributed by atoms with Crippen LogP contribution in [-0.2, 0) is 19.2 Å². The van der Waals surface area contributed by atoms with Crippen molar-refractivity contribution >= 4 is 23.9 Å². The Balaban J connectivity index is -0.0000000134. The molecule has 17 heteroatoms. The van der Waals surface area contributed by atoms with Gasteiger partial charge in [0.25, 0.3) is 0 Å². The number of carbonyl (C=O) groups is 4. The zero-order valence-corrected chi connectivity index (χ0v) is 15.9. The SMILES string of the molecule is CC(=O)[O-].CC(=O)[O-].CC(=O)[O-].CC(=O)[O-].O=[N+]([O-])[O-].[NH4+].[NH4+].[NH4+].[NH4+].[NH4+]. The van der Waals surface area contributed by atoms with Crippen LogP contribution in [0.4, 0.5) is 0 Å². The minimum absolute atomic E-state index is 0. The highest BCUT2D eigenvalue weighted by Crippen LogP contribution is 1.44. The van der Waals surface area contributed by atoms with Gasteiger partial charge in [-0.1, -0.05) is 0 Å². The van der Waals surface area contributed by atoms with Crippen molar-refractivity contribution in [2.75, 3.05) is 0 Å². The Bertz CT molecular complexity index is 223. The fourth-order valence-corrected chi connectivity index (χ4v) is 0. The van der Waals surface area contributed by atoms with E-state index >= 15 is 0 Å². The van der Waals surface area contributed by atoms with Crippen molar-refractivity contribution in [1.29, 1.82) is 0 Å². The molecule has 0 aliphatic heterocycles. The molecule has 0 saturated heterocycles. The van der Waals surface area contributed by atoms with E-state index in [9.17, 15) is 0 Å². The van der Waals surface area contributed by atoms with Crippen molar-refractivity contribution in [1.82, 2.24) is 30.8 Å². The second-order valence-corrected chi connectivity index (χ2v) is 2.19. The van der Waals surface area contributed by atoms with Crippen LogP contribution in [0.3, 0.4) is 0 Å². The summed E-state index contributed by atoms with van der Waals surface area (Å²) in [4.78, 5) is 43.8. The van der Waals surface area contributed by atoms with E-state index in [4.69, 9.17) is 54.9 Å². The molecule has 17 nitrogen and oxygen atoms in total. The molecule has 0 saturated carbocycles. The van der Waals surface area contributed by atoms with Crippen molar-refractivity contribution in [2.45, 2.75) is 27.7 Å². The molecule has 0 aromatic rings. The molecule has 0 amide bonds. The summed E-state index contributed by atoms with van der Waals surface area (Å²) in [5.41, 5.74) is 0. The standard InChI is InChI=1S/4C2H4O2.NO3.5H3N/c4*1-2(3)4;2-1(3)4;;;;;/h4*1H3,(H,3,4);;5*1H3/q;;;;-1;;;;;/p+1. The third-order valence-corrected chi connectivity index (χ3v) is 0. The Morgan fingerprint density at radius 3 is 0.520 bits per heavy atom. The van der Waals surface area contributed by atoms with Crippen LogP contribution in [0.15, 0.2) is 0 Å². The highest BCUT2D eigenvalue weighted by atomic mass is 16.9.